The predicted octanol–water partition coefficient (Wildman–Crippen LogP) is 2.84. The highest BCUT2D eigenvalue weighted by molar-refractivity contribution is 8.00. The summed E-state index contributed by atoms with van der Waals surface area (Å²) in [6.07, 6.45) is 1.12. The van der Waals surface area contributed by atoms with Crippen molar-refractivity contribution >= 4 is 52.2 Å². The smallest absolute Gasteiger partial charge is 0.305 e. The zero-order valence-corrected chi connectivity index (χ0v) is 18.8. The number of fused-ring (bicyclic) bond motifs is 9. The van der Waals surface area contributed by atoms with Gasteiger partial charge in [-0.05, 0) is 42.0 Å². The summed E-state index contributed by atoms with van der Waals surface area (Å²) in [7, 11) is 0. The average molecular weight is 477 g/mol. The first-order valence-corrected chi connectivity index (χ1v) is 13.0. The third kappa shape index (κ3) is 2.77. The van der Waals surface area contributed by atoms with Crippen LogP contribution in [0.15, 0.2) is 27.3 Å². The zero-order valence-electron chi connectivity index (χ0n) is 16.4. The Balaban J connectivity index is 1.36. The van der Waals surface area contributed by atoms with E-state index in [-0.39, 0.29) is 70.4 Å². The summed E-state index contributed by atoms with van der Waals surface area (Å²) in [6.45, 7) is 0.188. The van der Waals surface area contributed by atoms with E-state index in [9.17, 15) is 19.2 Å². The third-order valence-electron chi connectivity index (χ3n) is 7.44. The number of thioether (sulfide) groups is 1. The van der Waals surface area contributed by atoms with Gasteiger partial charge in [0.1, 0.15) is 0 Å². The Hall–Kier alpha value is -1.91. The van der Waals surface area contributed by atoms with Crippen LogP contribution in [0.5, 0.6) is 0 Å². The van der Waals surface area contributed by atoms with Crippen LogP contribution >= 0.6 is 34.4 Å². The van der Waals surface area contributed by atoms with Gasteiger partial charge in [-0.15, -0.1) is 23.1 Å². The molecule has 31 heavy (non-hydrogen) atoms. The van der Waals surface area contributed by atoms with Gasteiger partial charge in [0.05, 0.1) is 16.9 Å². The number of rotatable bonds is 5. The van der Waals surface area contributed by atoms with E-state index < -0.39 is 5.97 Å². The molecule has 2 saturated carbocycles. The minimum absolute atomic E-state index is 0.0473. The number of aromatic nitrogens is 1. The summed E-state index contributed by atoms with van der Waals surface area (Å²) in [5.41, 5.74) is 0. The number of amides is 2. The van der Waals surface area contributed by atoms with Gasteiger partial charge in [0, 0.05) is 33.9 Å². The summed E-state index contributed by atoms with van der Waals surface area (Å²) in [5.74, 6) is -1.21. The Morgan fingerprint density at radius 2 is 1.97 bits per heavy atom. The first-order valence-electron chi connectivity index (χ1n) is 10.5. The van der Waals surface area contributed by atoms with Gasteiger partial charge in [-0.25, -0.2) is 0 Å². The second-order valence-corrected chi connectivity index (χ2v) is 12.0. The van der Waals surface area contributed by atoms with Crippen LogP contribution in [0.4, 0.5) is 0 Å². The molecule has 4 heterocycles. The number of likely N-dealkylation sites (tertiary alicyclic amines) is 1. The lowest BCUT2D eigenvalue weighted by Crippen LogP contribution is -2.42. The van der Waals surface area contributed by atoms with Crippen molar-refractivity contribution in [2.75, 3.05) is 6.54 Å². The van der Waals surface area contributed by atoms with E-state index in [1.807, 2.05) is 11.4 Å². The van der Waals surface area contributed by atoms with Gasteiger partial charge in [0.25, 0.3) is 0 Å². The van der Waals surface area contributed by atoms with Crippen LogP contribution in [-0.2, 0) is 14.4 Å². The molecule has 0 spiro atoms. The van der Waals surface area contributed by atoms with E-state index in [1.54, 1.807) is 23.1 Å². The number of aliphatic carboxylic acids is 1. The molecule has 0 aromatic carbocycles. The Labute approximate surface area is 189 Å². The molecule has 0 unspecified atom stereocenters. The molecule has 0 radical (unpaired) electrons. The van der Waals surface area contributed by atoms with Crippen molar-refractivity contribution in [2.24, 2.45) is 29.6 Å². The summed E-state index contributed by atoms with van der Waals surface area (Å²) in [6, 6.07) is 4.13. The highest BCUT2D eigenvalue weighted by Gasteiger charge is 2.69. The van der Waals surface area contributed by atoms with Gasteiger partial charge in [0.2, 0.25) is 11.8 Å². The Bertz CT molecular complexity index is 1140. The van der Waals surface area contributed by atoms with E-state index in [4.69, 9.17) is 5.11 Å². The topological polar surface area (TPSA) is 108 Å². The minimum Gasteiger partial charge on any atom is -0.481 e. The van der Waals surface area contributed by atoms with E-state index in [0.717, 1.165) is 16.3 Å². The number of nitrogens with one attached hydrogen (secondary N) is 1. The second-order valence-electron chi connectivity index (χ2n) is 8.80. The molecule has 2 bridgehead atoms. The summed E-state index contributed by atoms with van der Waals surface area (Å²) >= 11 is 4.64. The normalized spacial score (nSPS) is 35.4. The maximum Gasteiger partial charge on any atom is 0.305 e. The van der Waals surface area contributed by atoms with E-state index >= 15 is 0 Å². The van der Waals surface area contributed by atoms with Crippen LogP contribution in [-0.4, -0.2) is 44.6 Å². The SMILES string of the molecule is O=C(O)CCCN1C(=O)[C@@H]2[C@H]3C[C@@H]([C@H]4Sc5[nH]c(=O)sc5[C@H](c5cccs5)[C@@H]34)[C@H]2C1=O. The first-order chi connectivity index (χ1) is 15.0. The highest BCUT2D eigenvalue weighted by atomic mass is 32.2. The Kier molecular flexibility index (Phi) is 4.49. The maximum absolute atomic E-state index is 13.3. The van der Waals surface area contributed by atoms with Crippen molar-refractivity contribution in [3.8, 4) is 0 Å². The standard InChI is InChI=1S/C21H20N2O5S3/c24-11(25)4-1-5-23-19(26)13-8-7-9(14(13)20(23)27)16-12(8)15(10-3-2-6-29-10)17-18(30-16)22-21(28)31-17/h2-3,6,8-9,12-16H,1,4-5,7H2,(H,22,28)(H,24,25)/t8-,9+,12+,13+,14+,15+,16+/m0/s1. The predicted molar refractivity (Wildman–Crippen MR) is 116 cm³/mol. The molecule has 2 aromatic heterocycles. The number of imide groups is 1. The molecule has 2 aliphatic heterocycles. The van der Waals surface area contributed by atoms with Crippen LogP contribution in [0, 0.1) is 29.6 Å². The van der Waals surface area contributed by atoms with E-state index in [0.29, 0.717) is 6.42 Å². The molecule has 2 amide bonds. The molecule has 2 N–H and O–H groups in total. The first kappa shape index (κ1) is 19.8. The van der Waals surface area contributed by atoms with Gasteiger partial charge in [-0.2, -0.15) is 0 Å². The lowest BCUT2D eigenvalue weighted by atomic mass is 9.69. The lowest BCUT2D eigenvalue weighted by Gasteiger charge is -2.42. The number of hydrogen-bond acceptors (Lipinski definition) is 7. The molecule has 162 valence electrons. The quantitative estimate of drug-likeness (QED) is 0.643. The van der Waals surface area contributed by atoms with Gasteiger partial charge < -0.3 is 10.1 Å². The minimum atomic E-state index is -0.916. The Morgan fingerprint density at radius 1 is 1.19 bits per heavy atom. The van der Waals surface area contributed by atoms with E-state index in [2.05, 4.69) is 11.1 Å². The number of carbonyl (C=O) groups is 3. The van der Waals surface area contributed by atoms with Gasteiger partial charge in [-0.1, -0.05) is 17.4 Å². The lowest BCUT2D eigenvalue weighted by molar-refractivity contribution is -0.142. The number of hydrogen-bond donors (Lipinski definition) is 2. The molecule has 6 rings (SSSR count). The molecular weight excluding hydrogens is 456 g/mol. The van der Waals surface area contributed by atoms with Crippen LogP contribution in [0.3, 0.4) is 0 Å². The van der Waals surface area contributed by atoms with E-state index in [1.165, 1.54) is 21.1 Å². The fourth-order valence-electron chi connectivity index (χ4n) is 6.47. The highest BCUT2D eigenvalue weighted by Crippen LogP contribution is 2.68. The number of carbonyl (C=O) groups excluding carboxylic acids is 2. The number of carboxylic acid groups (broad SMARTS) is 1. The number of carboxylic acids is 1. The van der Waals surface area contributed by atoms with Crippen LogP contribution < -0.4 is 4.87 Å². The number of thiazole rings is 1. The number of H-pyrrole nitrogens is 1. The molecule has 7 atom stereocenters. The molecule has 2 aliphatic carbocycles. The van der Waals surface area contributed by atoms with Gasteiger partial charge >= 0.3 is 10.8 Å². The van der Waals surface area contributed by atoms with Crippen molar-refractivity contribution in [2.45, 2.75) is 35.5 Å². The molecule has 7 nitrogen and oxygen atoms in total. The van der Waals surface area contributed by atoms with Crippen molar-refractivity contribution < 1.29 is 19.5 Å². The van der Waals surface area contributed by atoms with Crippen molar-refractivity contribution in [3.05, 3.63) is 36.9 Å². The van der Waals surface area contributed by atoms with Gasteiger partial charge in [-0.3, -0.25) is 24.1 Å². The van der Waals surface area contributed by atoms with Crippen molar-refractivity contribution in [1.82, 2.24) is 9.88 Å². The third-order valence-corrected chi connectivity index (χ3v) is 11.0. The van der Waals surface area contributed by atoms with Crippen molar-refractivity contribution in [1.29, 1.82) is 0 Å². The number of nitrogens with zero attached hydrogens (tertiary/aromatic N) is 1. The molecule has 2 aromatic rings. The maximum atomic E-state index is 13.3. The van der Waals surface area contributed by atoms with Crippen LogP contribution in [0.1, 0.15) is 34.9 Å². The molecule has 4 aliphatic rings. The fraction of sp³-hybridized carbons (Fsp3) is 0.524. The molecule has 10 heteroatoms. The zero-order chi connectivity index (χ0) is 21.4. The summed E-state index contributed by atoms with van der Waals surface area (Å²) in [4.78, 5) is 56.0. The second kappa shape index (κ2) is 7.05. The van der Waals surface area contributed by atoms with Gasteiger partial charge in [0.15, 0.2) is 0 Å². The molecular formula is C21H20N2O5S3. The number of aromatic amines is 1. The largest absolute Gasteiger partial charge is 0.481 e. The monoisotopic (exact) mass is 476 g/mol. The molecule has 3 fully saturated rings. The van der Waals surface area contributed by atoms with Crippen molar-refractivity contribution in [3.63, 3.8) is 0 Å². The van der Waals surface area contributed by atoms with Crippen LogP contribution in [0.2, 0.25) is 0 Å². The van der Waals surface area contributed by atoms with Crippen LogP contribution in [0.25, 0.3) is 0 Å². The Morgan fingerprint density at radius 3 is 2.68 bits per heavy atom. The average Bonchev–Trinajstić information content (AvgIpc) is 3.51. The fourth-order valence-corrected chi connectivity index (χ4v) is 10.3. The summed E-state index contributed by atoms with van der Waals surface area (Å²) < 4.78 is 0. The number of thiophene rings is 1. The molecule has 1 saturated heterocycles. The summed E-state index contributed by atoms with van der Waals surface area (Å²) in [5, 5.41) is 12.1.